The van der Waals surface area contributed by atoms with Crippen LogP contribution in [0.2, 0.25) is 0 Å². The Morgan fingerprint density at radius 2 is 2.21 bits per heavy atom. The van der Waals surface area contributed by atoms with E-state index in [2.05, 4.69) is 16.7 Å². The van der Waals surface area contributed by atoms with Crippen LogP contribution in [-0.4, -0.2) is 25.0 Å². The van der Waals surface area contributed by atoms with Crippen molar-refractivity contribution in [2.24, 2.45) is 0 Å². The first-order valence-corrected chi connectivity index (χ1v) is 5.11. The molecule has 0 radical (unpaired) electrons. The molecule has 0 fully saturated rings. The van der Waals surface area contributed by atoms with Crippen LogP contribution in [0.4, 0.5) is 0 Å². The van der Waals surface area contributed by atoms with Crippen molar-refractivity contribution in [2.45, 2.75) is 39.2 Å². The van der Waals surface area contributed by atoms with E-state index in [1.54, 1.807) is 0 Å². The second-order valence-corrected chi connectivity index (χ2v) is 3.20. The van der Waals surface area contributed by atoms with Crippen LogP contribution in [-0.2, 0) is 4.79 Å². The maximum Gasteiger partial charge on any atom is 0.233 e. The van der Waals surface area contributed by atoms with Crippen LogP contribution in [0.3, 0.4) is 0 Å². The molecular formula is C10H19N3O. The van der Waals surface area contributed by atoms with Crippen LogP contribution < -0.4 is 10.6 Å². The van der Waals surface area contributed by atoms with E-state index in [0.717, 1.165) is 19.4 Å². The summed E-state index contributed by atoms with van der Waals surface area (Å²) >= 11 is 0. The molecule has 0 aromatic heterocycles. The van der Waals surface area contributed by atoms with Gasteiger partial charge in [-0.3, -0.25) is 4.79 Å². The molecule has 0 spiro atoms. The number of nitriles is 1. The smallest absolute Gasteiger partial charge is 0.233 e. The summed E-state index contributed by atoms with van der Waals surface area (Å²) in [6.45, 7) is 5.03. The molecule has 0 saturated heterocycles. The Bertz CT molecular complexity index is 198. The minimum Gasteiger partial charge on any atom is -0.355 e. The van der Waals surface area contributed by atoms with Crippen LogP contribution in [0.1, 0.15) is 33.1 Å². The summed E-state index contributed by atoms with van der Waals surface area (Å²) in [7, 11) is 0. The van der Waals surface area contributed by atoms with Crippen LogP contribution in [0.15, 0.2) is 0 Å². The molecule has 0 aliphatic heterocycles. The van der Waals surface area contributed by atoms with E-state index < -0.39 is 0 Å². The SMILES string of the molecule is CCCNC(=O)CNC(CC)CC#N. The van der Waals surface area contributed by atoms with Gasteiger partial charge in [0.1, 0.15) is 0 Å². The van der Waals surface area contributed by atoms with E-state index in [4.69, 9.17) is 5.26 Å². The van der Waals surface area contributed by atoms with Gasteiger partial charge in [0.25, 0.3) is 0 Å². The lowest BCUT2D eigenvalue weighted by molar-refractivity contribution is -0.120. The molecule has 4 heteroatoms. The van der Waals surface area contributed by atoms with Gasteiger partial charge in [0.15, 0.2) is 0 Å². The van der Waals surface area contributed by atoms with Crippen LogP contribution >= 0.6 is 0 Å². The van der Waals surface area contributed by atoms with Gasteiger partial charge in [0.05, 0.1) is 19.0 Å². The molecule has 0 saturated carbocycles. The quantitative estimate of drug-likeness (QED) is 0.634. The molecule has 1 atom stereocenters. The van der Waals surface area contributed by atoms with Gasteiger partial charge in [-0.25, -0.2) is 0 Å². The summed E-state index contributed by atoms with van der Waals surface area (Å²) < 4.78 is 0. The molecule has 0 bridgehead atoms. The highest BCUT2D eigenvalue weighted by Gasteiger charge is 2.06. The van der Waals surface area contributed by atoms with Crippen LogP contribution in [0, 0.1) is 11.3 Å². The van der Waals surface area contributed by atoms with Gasteiger partial charge in [0.2, 0.25) is 5.91 Å². The molecule has 1 unspecified atom stereocenters. The molecule has 4 nitrogen and oxygen atoms in total. The van der Waals surface area contributed by atoms with E-state index in [1.165, 1.54) is 0 Å². The lowest BCUT2D eigenvalue weighted by atomic mass is 10.2. The third-order valence-corrected chi connectivity index (χ3v) is 1.95. The van der Waals surface area contributed by atoms with E-state index in [1.807, 2.05) is 13.8 Å². The van der Waals surface area contributed by atoms with Gasteiger partial charge >= 0.3 is 0 Å². The highest BCUT2D eigenvalue weighted by Crippen LogP contribution is 1.94. The standard InChI is InChI=1S/C10H19N3O/c1-3-7-12-10(14)8-13-9(4-2)5-6-11/h9,13H,3-5,7-8H2,1-2H3,(H,12,14). The molecule has 14 heavy (non-hydrogen) atoms. The Morgan fingerprint density at radius 3 is 2.71 bits per heavy atom. The summed E-state index contributed by atoms with van der Waals surface area (Å²) in [6, 6.07) is 2.22. The average Bonchev–Trinajstić information content (AvgIpc) is 2.21. The molecular weight excluding hydrogens is 178 g/mol. The molecule has 0 aromatic rings. The Labute approximate surface area is 85.7 Å². The normalized spacial score (nSPS) is 11.8. The fourth-order valence-corrected chi connectivity index (χ4v) is 1.03. The van der Waals surface area contributed by atoms with Gasteiger partial charge < -0.3 is 10.6 Å². The highest BCUT2D eigenvalue weighted by atomic mass is 16.1. The summed E-state index contributed by atoms with van der Waals surface area (Å²) in [5.74, 6) is 0.00300. The summed E-state index contributed by atoms with van der Waals surface area (Å²) in [6.07, 6.45) is 2.27. The number of hydrogen-bond donors (Lipinski definition) is 2. The van der Waals surface area contributed by atoms with Gasteiger partial charge in [0, 0.05) is 12.6 Å². The Balaban J connectivity index is 3.58. The topological polar surface area (TPSA) is 64.9 Å². The number of carbonyl (C=O) groups is 1. The second kappa shape index (κ2) is 8.52. The van der Waals surface area contributed by atoms with E-state index in [0.29, 0.717) is 13.0 Å². The van der Waals surface area contributed by atoms with Crippen molar-refractivity contribution >= 4 is 5.91 Å². The molecule has 0 aliphatic carbocycles. The molecule has 0 aliphatic rings. The zero-order valence-electron chi connectivity index (χ0n) is 8.97. The third-order valence-electron chi connectivity index (χ3n) is 1.95. The predicted molar refractivity (Wildman–Crippen MR) is 55.6 cm³/mol. The molecule has 0 heterocycles. The monoisotopic (exact) mass is 197 g/mol. The fraction of sp³-hybridized carbons (Fsp3) is 0.800. The number of nitrogens with one attached hydrogen (secondary N) is 2. The number of nitrogens with zero attached hydrogens (tertiary/aromatic N) is 1. The zero-order valence-corrected chi connectivity index (χ0v) is 8.97. The van der Waals surface area contributed by atoms with E-state index >= 15 is 0 Å². The lowest BCUT2D eigenvalue weighted by Gasteiger charge is -2.12. The average molecular weight is 197 g/mol. The highest BCUT2D eigenvalue weighted by molar-refractivity contribution is 5.77. The Hall–Kier alpha value is -1.08. The lowest BCUT2D eigenvalue weighted by Crippen LogP contribution is -2.39. The second-order valence-electron chi connectivity index (χ2n) is 3.20. The number of rotatable bonds is 7. The summed E-state index contributed by atoms with van der Waals surface area (Å²) in [4.78, 5) is 11.2. The van der Waals surface area contributed by atoms with E-state index in [-0.39, 0.29) is 11.9 Å². The number of hydrogen-bond acceptors (Lipinski definition) is 3. The largest absolute Gasteiger partial charge is 0.355 e. The van der Waals surface area contributed by atoms with Crippen molar-refractivity contribution in [3.63, 3.8) is 0 Å². The Kier molecular flexibility index (Phi) is 7.86. The van der Waals surface area contributed by atoms with Crippen LogP contribution in [0.25, 0.3) is 0 Å². The zero-order chi connectivity index (χ0) is 10.8. The first-order chi connectivity index (χ1) is 6.74. The molecule has 80 valence electrons. The van der Waals surface area contributed by atoms with Crippen molar-refractivity contribution in [1.29, 1.82) is 5.26 Å². The Morgan fingerprint density at radius 1 is 1.50 bits per heavy atom. The maximum atomic E-state index is 11.2. The summed E-state index contributed by atoms with van der Waals surface area (Å²) in [5.41, 5.74) is 0. The molecule has 0 rings (SSSR count). The molecule has 1 amide bonds. The number of amides is 1. The number of carbonyl (C=O) groups excluding carboxylic acids is 1. The first kappa shape index (κ1) is 12.9. The summed E-state index contributed by atoms with van der Waals surface area (Å²) in [5, 5.41) is 14.3. The molecule has 2 N–H and O–H groups in total. The molecule has 0 aromatic carbocycles. The van der Waals surface area contributed by atoms with Crippen molar-refractivity contribution in [3.8, 4) is 6.07 Å². The minimum absolute atomic E-state index is 0.00300. The first-order valence-electron chi connectivity index (χ1n) is 5.11. The third kappa shape index (κ3) is 6.44. The van der Waals surface area contributed by atoms with E-state index in [9.17, 15) is 4.79 Å². The van der Waals surface area contributed by atoms with Gasteiger partial charge in [-0.1, -0.05) is 13.8 Å². The van der Waals surface area contributed by atoms with Crippen LogP contribution in [0.5, 0.6) is 0 Å². The van der Waals surface area contributed by atoms with Crippen molar-refractivity contribution in [3.05, 3.63) is 0 Å². The predicted octanol–water partition coefficient (Wildman–Crippen LogP) is 0.794. The van der Waals surface area contributed by atoms with Gasteiger partial charge in [-0.2, -0.15) is 5.26 Å². The van der Waals surface area contributed by atoms with Gasteiger partial charge in [-0.05, 0) is 12.8 Å². The van der Waals surface area contributed by atoms with Crippen molar-refractivity contribution in [1.82, 2.24) is 10.6 Å². The van der Waals surface area contributed by atoms with Gasteiger partial charge in [-0.15, -0.1) is 0 Å². The van der Waals surface area contributed by atoms with Crippen molar-refractivity contribution in [2.75, 3.05) is 13.1 Å². The maximum absolute atomic E-state index is 11.2. The minimum atomic E-state index is 0.00300. The fourth-order valence-electron chi connectivity index (χ4n) is 1.03. The van der Waals surface area contributed by atoms with Crippen molar-refractivity contribution < 1.29 is 4.79 Å².